The molecule has 7 nitrogen and oxygen atoms in total. The smallest absolute Gasteiger partial charge is 0.408 e. The van der Waals surface area contributed by atoms with Crippen LogP contribution in [-0.2, 0) is 20.7 Å². The number of nitrogens with zero attached hydrogens (tertiary/aromatic N) is 1. The lowest BCUT2D eigenvalue weighted by atomic mass is 9.87. The maximum absolute atomic E-state index is 14.1. The maximum atomic E-state index is 14.1. The van der Waals surface area contributed by atoms with Crippen LogP contribution in [0.1, 0.15) is 84.4 Å². The molecular formula is C27H43N3O4S. The number of amides is 3. The van der Waals surface area contributed by atoms with E-state index in [0.717, 1.165) is 31.2 Å². The molecular weight excluding hydrogens is 462 g/mol. The Balaban J connectivity index is 2.45. The Hall–Kier alpha value is -2.22. The molecule has 0 spiro atoms. The number of ether oxygens (including phenoxy) is 1. The quantitative estimate of drug-likeness (QED) is 0.449. The average Bonchev–Trinajstić information content (AvgIpc) is 2.73. The molecule has 35 heavy (non-hydrogen) atoms. The van der Waals surface area contributed by atoms with Crippen molar-refractivity contribution in [3.8, 4) is 0 Å². The molecule has 0 aliphatic heterocycles. The van der Waals surface area contributed by atoms with E-state index in [-0.39, 0.29) is 23.9 Å². The molecule has 0 radical (unpaired) electrons. The molecule has 0 saturated heterocycles. The molecule has 0 bridgehead atoms. The highest BCUT2D eigenvalue weighted by molar-refractivity contribution is 7.98. The second-order valence-electron chi connectivity index (χ2n) is 10.5. The summed E-state index contributed by atoms with van der Waals surface area (Å²) < 4.78 is 5.44. The molecule has 0 heterocycles. The van der Waals surface area contributed by atoms with E-state index in [2.05, 4.69) is 17.6 Å². The van der Waals surface area contributed by atoms with Crippen molar-refractivity contribution in [2.45, 2.75) is 103 Å². The normalized spacial score (nSPS) is 15.7. The van der Waals surface area contributed by atoms with Crippen molar-refractivity contribution in [3.63, 3.8) is 0 Å². The van der Waals surface area contributed by atoms with Gasteiger partial charge in [-0.05, 0) is 89.9 Å². The summed E-state index contributed by atoms with van der Waals surface area (Å²) in [4.78, 5) is 41.9. The number of carbonyl (C=O) groups excluding carboxylic acids is 3. The lowest BCUT2D eigenvalue weighted by Gasteiger charge is -2.43. The molecule has 2 atom stereocenters. The molecule has 3 amide bonds. The first-order chi connectivity index (χ1) is 16.5. The van der Waals surface area contributed by atoms with Crippen molar-refractivity contribution in [1.29, 1.82) is 0 Å². The molecule has 196 valence electrons. The van der Waals surface area contributed by atoms with Crippen LogP contribution in [0.25, 0.3) is 0 Å². The van der Waals surface area contributed by atoms with Crippen LogP contribution < -0.4 is 10.6 Å². The number of alkyl carbamates (subject to hydrolysis) is 1. The summed E-state index contributed by atoms with van der Waals surface area (Å²) in [6.45, 7) is 11.3. The molecule has 1 aliphatic rings. The summed E-state index contributed by atoms with van der Waals surface area (Å²) in [6.07, 6.45) is 5.38. The Kier molecular flexibility index (Phi) is 10.9. The molecule has 1 aromatic carbocycles. The third-order valence-corrected chi connectivity index (χ3v) is 6.63. The zero-order chi connectivity index (χ0) is 26.2. The van der Waals surface area contributed by atoms with Crippen LogP contribution in [0, 0.1) is 0 Å². The third kappa shape index (κ3) is 8.74. The molecule has 2 N–H and O–H groups in total. The minimum absolute atomic E-state index is 0.0477. The van der Waals surface area contributed by atoms with Gasteiger partial charge in [-0.1, -0.05) is 31.2 Å². The zero-order valence-electron chi connectivity index (χ0n) is 22.3. The summed E-state index contributed by atoms with van der Waals surface area (Å²) in [6, 6.07) is 6.26. The SMILES string of the molecule is CCc1ccc(C(C(=O)NC(C)C)N(C(=O)C(CCSC)NC(=O)OC(C)(C)C)C2CCC2)cc1. The predicted octanol–water partition coefficient (Wildman–Crippen LogP) is 4.84. The van der Waals surface area contributed by atoms with Crippen LogP contribution in [-0.4, -0.2) is 58.5 Å². The fraction of sp³-hybridized carbons (Fsp3) is 0.667. The van der Waals surface area contributed by atoms with E-state index >= 15 is 0 Å². The van der Waals surface area contributed by atoms with Gasteiger partial charge in [-0.3, -0.25) is 9.59 Å². The minimum Gasteiger partial charge on any atom is -0.444 e. The highest BCUT2D eigenvalue weighted by atomic mass is 32.2. The van der Waals surface area contributed by atoms with Crippen LogP contribution in [0.5, 0.6) is 0 Å². The molecule has 1 saturated carbocycles. The van der Waals surface area contributed by atoms with Gasteiger partial charge in [0.05, 0.1) is 0 Å². The number of thioether (sulfide) groups is 1. The maximum Gasteiger partial charge on any atom is 0.408 e. The van der Waals surface area contributed by atoms with Crippen molar-refractivity contribution in [1.82, 2.24) is 15.5 Å². The van der Waals surface area contributed by atoms with Gasteiger partial charge in [0.1, 0.15) is 17.7 Å². The Morgan fingerprint density at radius 3 is 2.20 bits per heavy atom. The Labute approximate surface area is 215 Å². The van der Waals surface area contributed by atoms with Gasteiger partial charge in [-0.25, -0.2) is 4.79 Å². The van der Waals surface area contributed by atoms with Crippen molar-refractivity contribution < 1.29 is 19.1 Å². The van der Waals surface area contributed by atoms with E-state index in [1.807, 2.05) is 44.4 Å². The van der Waals surface area contributed by atoms with Crippen molar-refractivity contribution >= 4 is 29.7 Å². The molecule has 8 heteroatoms. The summed E-state index contributed by atoms with van der Waals surface area (Å²) in [5, 5.41) is 5.81. The van der Waals surface area contributed by atoms with Gasteiger partial charge < -0.3 is 20.3 Å². The van der Waals surface area contributed by atoms with Gasteiger partial charge in [0.2, 0.25) is 11.8 Å². The molecule has 2 unspecified atom stereocenters. The number of nitrogens with one attached hydrogen (secondary N) is 2. The molecule has 1 aliphatic carbocycles. The van der Waals surface area contributed by atoms with Crippen LogP contribution in [0.4, 0.5) is 4.79 Å². The molecule has 1 fully saturated rings. The van der Waals surface area contributed by atoms with E-state index in [9.17, 15) is 14.4 Å². The van der Waals surface area contributed by atoms with Crippen LogP contribution in [0.2, 0.25) is 0 Å². The van der Waals surface area contributed by atoms with Gasteiger partial charge in [0.25, 0.3) is 0 Å². The monoisotopic (exact) mass is 505 g/mol. The fourth-order valence-electron chi connectivity index (χ4n) is 4.04. The van der Waals surface area contributed by atoms with Gasteiger partial charge in [-0.15, -0.1) is 0 Å². The second-order valence-corrected chi connectivity index (χ2v) is 11.5. The Bertz CT molecular complexity index is 847. The first kappa shape index (κ1) is 29.0. The van der Waals surface area contributed by atoms with E-state index in [1.54, 1.807) is 37.4 Å². The average molecular weight is 506 g/mol. The minimum atomic E-state index is -0.776. The Morgan fingerprint density at radius 2 is 1.74 bits per heavy atom. The first-order valence-corrected chi connectivity index (χ1v) is 14.1. The number of benzene rings is 1. The van der Waals surface area contributed by atoms with E-state index in [1.165, 1.54) is 5.56 Å². The highest BCUT2D eigenvalue weighted by Crippen LogP contribution is 2.34. The number of aryl methyl sites for hydroxylation is 1. The van der Waals surface area contributed by atoms with E-state index < -0.39 is 23.8 Å². The van der Waals surface area contributed by atoms with Crippen LogP contribution >= 0.6 is 11.8 Å². The van der Waals surface area contributed by atoms with Crippen molar-refractivity contribution in [2.24, 2.45) is 0 Å². The van der Waals surface area contributed by atoms with Gasteiger partial charge in [-0.2, -0.15) is 11.8 Å². The zero-order valence-corrected chi connectivity index (χ0v) is 23.2. The van der Waals surface area contributed by atoms with Crippen molar-refractivity contribution in [3.05, 3.63) is 35.4 Å². The largest absolute Gasteiger partial charge is 0.444 e. The van der Waals surface area contributed by atoms with Gasteiger partial charge in [0, 0.05) is 12.1 Å². The number of carbonyl (C=O) groups is 3. The van der Waals surface area contributed by atoms with Gasteiger partial charge in [0.15, 0.2) is 0 Å². The fourth-order valence-corrected chi connectivity index (χ4v) is 4.51. The molecule has 0 aromatic heterocycles. The van der Waals surface area contributed by atoms with E-state index in [4.69, 9.17) is 4.74 Å². The molecule has 2 rings (SSSR count). The Morgan fingerprint density at radius 1 is 1.11 bits per heavy atom. The molecule has 1 aromatic rings. The van der Waals surface area contributed by atoms with E-state index in [0.29, 0.717) is 12.2 Å². The standard InChI is InChI=1S/C27H43N3O4S/c1-8-19-12-14-20(15-13-19)23(24(31)28-18(2)3)30(21-10-9-11-21)25(32)22(16-17-35-7)29-26(33)34-27(4,5)6/h12-15,18,21-23H,8-11,16-17H2,1-7H3,(H,28,31)(H,29,33). The van der Waals surface area contributed by atoms with Crippen molar-refractivity contribution in [2.75, 3.05) is 12.0 Å². The van der Waals surface area contributed by atoms with Crippen LogP contribution in [0.3, 0.4) is 0 Å². The summed E-state index contributed by atoms with van der Waals surface area (Å²) in [7, 11) is 0. The highest BCUT2D eigenvalue weighted by Gasteiger charge is 2.42. The number of hydrogen-bond donors (Lipinski definition) is 2. The first-order valence-electron chi connectivity index (χ1n) is 12.7. The second kappa shape index (κ2) is 13.2. The third-order valence-electron chi connectivity index (χ3n) is 5.98. The topological polar surface area (TPSA) is 87.7 Å². The number of hydrogen-bond acceptors (Lipinski definition) is 5. The summed E-state index contributed by atoms with van der Waals surface area (Å²) in [5.74, 6) is 0.252. The number of rotatable bonds is 11. The lowest BCUT2D eigenvalue weighted by Crippen LogP contribution is -2.58. The van der Waals surface area contributed by atoms with Crippen LogP contribution in [0.15, 0.2) is 24.3 Å². The predicted molar refractivity (Wildman–Crippen MR) is 142 cm³/mol. The lowest BCUT2D eigenvalue weighted by molar-refractivity contribution is -0.147. The summed E-state index contributed by atoms with van der Waals surface area (Å²) in [5.41, 5.74) is 1.27. The van der Waals surface area contributed by atoms with Gasteiger partial charge >= 0.3 is 6.09 Å². The summed E-state index contributed by atoms with van der Waals surface area (Å²) >= 11 is 1.61.